The Hall–Kier alpha value is -3.56. The maximum absolute atomic E-state index is 6.35. The summed E-state index contributed by atoms with van der Waals surface area (Å²) in [4.78, 5) is 6.66. The molecule has 36 heavy (non-hydrogen) atoms. The van der Waals surface area contributed by atoms with Gasteiger partial charge in [0.15, 0.2) is 0 Å². The van der Waals surface area contributed by atoms with Gasteiger partial charge < -0.3 is 24.7 Å². The summed E-state index contributed by atoms with van der Waals surface area (Å²) in [5, 5.41) is 4.55. The number of rotatable bonds is 7. The lowest BCUT2D eigenvalue weighted by Crippen LogP contribution is -2.41. The summed E-state index contributed by atoms with van der Waals surface area (Å²) in [6.45, 7) is 12.2. The molecule has 2 heterocycles. The van der Waals surface area contributed by atoms with Crippen LogP contribution in [0, 0.1) is 0 Å². The molecule has 0 unspecified atom stereocenters. The number of nitrogens with zero attached hydrogens (tertiary/aromatic N) is 4. The SMILES string of the molecule is C=C(c1ccc(-n2cc(N=Cc3c(N)cccc3B3OC(C)(C)C(C)(C)O3)c(OC)n2)cc1)N(C)C. The average molecular weight is 487 g/mol. The molecule has 0 radical (unpaired) electrons. The normalized spacial score (nSPS) is 16.5. The van der Waals surface area contributed by atoms with Gasteiger partial charge in [-0.25, -0.2) is 9.67 Å². The molecule has 4 rings (SSSR count). The van der Waals surface area contributed by atoms with Crippen molar-refractivity contribution in [2.24, 2.45) is 4.99 Å². The van der Waals surface area contributed by atoms with Gasteiger partial charge >= 0.3 is 7.12 Å². The van der Waals surface area contributed by atoms with Crippen LogP contribution in [0.4, 0.5) is 11.4 Å². The number of ether oxygens (including phenoxy) is 1. The molecule has 2 N–H and O–H groups in total. The van der Waals surface area contributed by atoms with E-state index in [0.717, 1.165) is 28.0 Å². The maximum Gasteiger partial charge on any atom is 0.495 e. The highest BCUT2D eigenvalue weighted by Crippen LogP contribution is 2.37. The number of aliphatic imine (C=N–C) groups is 1. The van der Waals surface area contributed by atoms with E-state index in [0.29, 0.717) is 17.3 Å². The Morgan fingerprint density at radius 2 is 1.75 bits per heavy atom. The van der Waals surface area contributed by atoms with Crippen LogP contribution in [0.25, 0.3) is 11.4 Å². The van der Waals surface area contributed by atoms with Crippen LogP contribution in [0.1, 0.15) is 38.8 Å². The van der Waals surface area contributed by atoms with Crippen LogP contribution in [0.5, 0.6) is 5.88 Å². The second-order valence-corrected chi connectivity index (χ2v) is 10.1. The quantitative estimate of drug-likeness (QED) is 0.308. The predicted octanol–water partition coefficient (Wildman–Crippen LogP) is 4.05. The van der Waals surface area contributed by atoms with Gasteiger partial charge in [0.2, 0.25) is 0 Å². The third kappa shape index (κ3) is 4.76. The van der Waals surface area contributed by atoms with Crippen LogP contribution in [0.3, 0.4) is 0 Å². The third-order valence-corrected chi connectivity index (χ3v) is 6.87. The van der Waals surface area contributed by atoms with Gasteiger partial charge in [-0.05, 0) is 56.9 Å². The third-order valence-electron chi connectivity index (χ3n) is 6.87. The topological polar surface area (TPSA) is 87.1 Å². The average Bonchev–Trinajstić information content (AvgIpc) is 3.34. The first-order chi connectivity index (χ1) is 16.9. The first kappa shape index (κ1) is 25.5. The number of methoxy groups -OCH3 is 1. The fourth-order valence-electron chi connectivity index (χ4n) is 3.84. The highest BCUT2D eigenvalue weighted by molar-refractivity contribution is 6.63. The van der Waals surface area contributed by atoms with Crippen molar-refractivity contribution >= 4 is 35.9 Å². The van der Waals surface area contributed by atoms with E-state index in [1.807, 2.05) is 95.4 Å². The Bertz CT molecular complexity index is 1280. The van der Waals surface area contributed by atoms with E-state index in [9.17, 15) is 0 Å². The Kier molecular flexibility index (Phi) is 6.73. The Morgan fingerprint density at radius 1 is 1.11 bits per heavy atom. The van der Waals surface area contributed by atoms with Crippen molar-refractivity contribution in [1.82, 2.24) is 14.7 Å². The molecule has 0 aliphatic carbocycles. The zero-order valence-corrected chi connectivity index (χ0v) is 22.1. The van der Waals surface area contributed by atoms with Crippen molar-refractivity contribution in [1.29, 1.82) is 0 Å². The van der Waals surface area contributed by atoms with Crippen molar-refractivity contribution < 1.29 is 14.0 Å². The first-order valence-electron chi connectivity index (χ1n) is 11.8. The van der Waals surface area contributed by atoms with E-state index in [1.165, 1.54) is 0 Å². The maximum atomic E-state index is 6.35. The molecule has 9 heteroatoms. The molecular weight excluding hydrogens is 453 g/mol. The highest BCUT2D eigenvalue weighted by Gasteiger charge is 2.52. The van der Waals surface area contributed by atoms with Gasteiger partial charge in [-0.2, -0.15) is 0 Å². The molecule has 0 amide bonds. The van der Waals surface area contributed by atoms with E-state index in [-0.39, 0.29) is 0 Å². The van der Waals surface area contributed by atoms with Gasteiger partial charge in [-0.15, -0.1) is 5.10 Å². The summed E-state index contributed by atoms with van der Waals surface area (Å²) in [6, 6.07) is 13.7. The summed E-state index contributed by atoms with van der Waals surface area (Å²) in [5.41, 5.74) is 11.0. The van der Waals surface area contributed by atoms with Crippen LogP contribution >= 0.6 is 0 Å². The molecule has 0 bridgehead atoms. The zero-order chi connectivity index (χ0) is 26.3. The second-order valence-electron chi connectivity index (χ2n) is 10.1. The minimum absolute atomic E-state index is 0.403. The van der Waals surface area contributed by atoms with Gasteiger partial charge in [0, 0.05) is 37.3 Å². The number of nitrogens with two attached hydrogens (primary N) is 1. The van der Waals surface area contributed by atoms with E-state index in [2.05, 4.69) is 16.7 Å². The lowest BCUT2D eigenvalue weighted by molar-refractivity contribution is 0.00578. The summed E-state index contributed by atoms with van der Waals surface area (Å²) >= 11 is 0. The molecule has 1 fully saturated rings. The minimum atomic E-state index is -0.556. The molecule has 0 saturated carbocycles. The molecule has 1 aliphatic rings. The summed E-state index contributed by atoms with van der Waals surface area (Å²) < 4.78 is 19.7. The van der Waals surface area contributed by atoms with Crippen molar-refractivity contribution in [2.45, 2.75) is 38.9 Å². The Morgan fingerprint density at radius 3 is 2.33 bits per heavy atom. The molecular formula is C27H34BN5O3. The summed E-state index contributed by atoms with van der Waals surface area (Å²) in [5.74, 6) is 0.403. The van der Waals surface area contributed by atoms with Crippen LogP contribution in [0.2, 0.25) is 0 Å². The number of nitrogen functional groups attached to an aromatic ring is 1. The molecule has 188 valence electrons. The van der Waals surface area contributed by atoms with Crippen molar-refractivity contribution in [3.8, 4) is 11.6 Å². The monoisotopic (exact) mass is 487 g/mol. The molecule has 1 aliphatic heterocycles. The van der Waals surface area contributed by atoms with Gasteiger partial charge in [0.25, 0.3) is 5.88 Å². The zero-order valence-electron chi connectivity index (χ0n) is 22.1. The van der Waals surface area contributed by atoms with Crippen molar-refractivity contribution in [3.05, 3.63) is 66.4 Å². The van der Waals surface area contributed by atoms with Crippen LogP contribution in [-0.2, 0) is 9.31 Å². The van der Waals surface area contributed by atoms with E-state index in [1.54, 1.807) is 18.0 Å². The van der Waals surface area contributed by atoms with E-state index >= 15 is 0 Å². The van der Waals surface area contributed by atoms with Crippen LogP contribution in [-0.4, -0.2) is 60.4 Å². The molecule has 2 aromatic carbocycles. The predicted molar refractivity (Wildman–Crippen MR) is 147 cm³/mol. The molecule has 0 spiro atoms. The van der Waals surface area contributed by atoms with Gasteiger partial charge in [-0.1, -0.05) is 30.8 Å². The largest absolute Gasteiger partial charge is 0.495 e. The molecule has 8 nitrogen and oxygen atoms in total. The van der Waals surface area contributed by atoms with Gasteiger partial charge in [0.1, 0.15) is 5.69 Å². The van der Waals surface area contributed by atoms with E-state index < -0.39 is 18.3 Å². The number of hydrogen-bond acceptors (Lipinski definition) is 7. The van der Waals surface area contributed by atoms with Crippen LogP contribution < -0.4 is 15.9 Å². The van der Waals surface area contributed by atoms with Gasteiger partial charge in [-0.3, -0.25) is 0 Å². The Labute approximate surface area is 213 Å². The summed E-state index contributed by atoms with van der Waals surface area (Å²) in [7, 11) is 4.95. The minimum Gasteiger partial charge on any atom is -0.478 e. The van der Waals surface area contributed by atoms with Crippen molar-refractivity contribution in [2.75, 3.05) is 26.9 Å². The fourth-order valence-corrected chi connectivity index (χ4v) is 3.84. The smallest absolute Gasteiger partial charge is 0.478 e. The number of benzene rings is 2. The van der Waals surface area contributed by atoms with Crippen molar-refractivity contribution in [3.63, 3.8) is 0 Å². The molecule has 0 atom stereocenters. The lowest BCUT2D eigenvalue weighted by atomic mass is 9.75. The molecule has 1 saturated heterocycles. The second kappa shape index (κ2) is 9.48. The standard InChI is InChI=1S/C27H34BN5O3/c1-18(32(6)7)19-12-14-20(15-13-19)33-17-24(25(31-33)34-8)30-16-21-22(10-9-11-23(21)29)28-35-26(2,3)27(4,5)36-28/h9-17H,1,29H2,2-8H3. The van der Waals surface area contributed by atoms with Gasteiger partial charge in [0.05, 0.1) is 30.2 Å². The first-order valence-corrected chi connectivity index (χ1v) is 11.8. The number of anilines is 1. The van der Waals surface area contributed by atoms with Crippen LogP contribution in [0.15, 0.2) is 60.2 Å². The molecule has 3 aromatic rings. The van der Waals surface area contributed by atoms with E-state index in [4.69, 9.17) is 19.8 Å². The highest BCUT2D eigenvalue weighted by atomic mass is 16.7. The number of hydrogen-bond donors (Lipinski definition) is 1. The fraction of sp³-hybridized carbons (Fsp3) is 0.333. The lowest BCUT2D eigenvalue weighted by Gasteiger charge is -2.32. The Balaban J connectivity index is 1.64. The summed E-state index contributed by atoms with van der Waals surface area (Å²) in [6.07, 6.45) is 3.53. The number of aromatic nitrogens is 2. The molecule has 1 aromatic heterocycles.